The van der Waals surface area contributed by atoms with Crippen molar-refractivity contribution in [1.29, 1.82) is 0 Å². The van der Waals surface area contributed by atoms with Crippen LogP contribution in [0.5, 0.6) is 0 Å². The van der Waals surface area contributed by atoms with Crippen molar-refractivity contribution in [3.63, 3.8) is 0 Å². The largest absolute Gasteiger partial charge is 0.377 e. The molecule has 1 heterocycles. The van der Waals surface area contributed by atoms with E-state index in [0.717, 1.165) is 26.1 Å². The van der Waals surface area contributed by atoms with Crippen molar-refractivity contribution in [2.45, 2.75) is 32.4 Å². The summed E-state index contributed by atoms with van der Waals surface area (Å²) in [7, 11) is 0. The minimum Gasteiger partial charge on any atom is -0.377 e. The van der Waals surface area contributed by atoms with Crippen molar-refractivity contribution < 1.29 is 4.74 Å². The molecule has 0 saturated heterocycles. The number of hydrogen-bond acceptors (Lipinski definition) is 3. The van der Waals surface area contributed by atoms with Gasteiger partial charge >= 0.3 is 0 Å². The Balaban J connectivity index is 2.01. The first-order valence-electron chi connectivity index (χ1n) is 6.86. The minimum atomic E-state index is 0.304. The number of hydrogen-bond donors (Lipinski definition) is 1. The first-order chi connectivity index (χ1) is 8.72. The van der Waals surface area contributed by atoms with Gasteiger partial charge in [0.25, 0.3) is 0 Å². The van der Waals surface area contributed by atoms with E-state index in [9.17, 15) is 0 Å². The Labute approximate surface area is 110 Å². The number of benzene rings is 1. The van der Waals surface area contributed by atoms with Gasteiger partial charge in [0.2, 0.25) is 0 Å². The van der Waals surface area contributed by atoms with E-state index in [1.807, 2.05) is 0 Å². The van der Waals surface area contributed by atoms with Crippen LogP contribution >= 0.6 is 0 Å². The van der Waals surface area contributed by atoms with Crippen LogP contribution in [0.4, 0.5) is 0 Å². The third-order valence-electron chi connectivity index (χ3n) is 3.58. The average Bonchev–Trinajstić information content (AvgIpc) is 2.38. The normalized spacial score (nSPS) is 20.1. The second kappa shape index (κ2) is 6.32. The fraction of sp³-hybridized carbons (Fsp3) is 0.600. The Morgan fingerprint density at radius 2 is 2.17 bits per heavy atom. The maximum atomic E-state index is 5.96. The van der Waals surface area contributed by atoms with E-state index in [4.69, 9.17) is 10.5 Å². The molecule has 0 aliphatic carbocycles. The lowest BCUT2D eigenvalue weighted by Gasteiger charge is -2.36. The molecule has 0 spiro atoms. The number of fused-ring (bicyclic) bond motifs is 1. The Hall–Kier alpha value is -0.900. The van der Waals surface area contributed by atoms with Crippen LogP contribution in [0.3, 0.4) is 0 Å². The summed E-state index contributed by atoms with van der Waals surface area (Å²) in [6.07, 6.45) is 1.42. The third kappa shape index (κ3) is 3.10. The summed E-state index contributed by atoms with van der Waals surface area (Å²) in [5, 5.41) is 0. The highest BCUT2D eigenvalue weighted by Crippen LogP contribution is 2.28. The van der Waals surface area contributed by atoms with Crippen molar-refractivity contribution in [3.8, 4) is 0 Å². The molecule has 18 heavy (non-hydrogen) atoms. The van der Waals surface area contributed by atoms with E-state index >= 15 is 0 Å². The summed E-state index contributed by atoms with van der Waals surface area (Å²) in [6, 6.07) is 9.01. The molecule has 1 aromatic carbocycles. The molecule has 1 aromatic rings. The molecule has 0 aromatic heterocycles. The van der Waals surface area contributed by atoms with Crippen molar-refractivity contribution in [2.75, 3.05) is 26.2 Å². The average molecular weight is 248 g/mol. The van der Waals surface area contributed by atoms with Crippen LogP contribution in [-0.2, 0) is 11.2 Å². The molecule has 0 bridgehead atoms. The van der Waals surface area contributed by atoms with Crippen LogP contribution in [0.15, 0.2) is 24.3 Å². The molecule has 3 heteroatoms. The van der Waals surface area contributed by atoms with Crippen LogP contribution in [0.2, 0.25) is 0 Å². The molecule has 0 radical (unpaired) electrons. The first kappa shape index (κ1) is 13.5. The second-order valence-electron chi connectivity index (χ2n) is 5.16. The Morgan fingerprint density at radius 1 is 1.39 bits per heavy atom. The van der Waals surface area contributed by atoms with Gasteiger partial charge in [-0.05, 0) is 31.4 Å². The lowest BCUT2D eigenvalue weighted by molar-refractivity contribution is 0.0474. The smallest absolute Gasteiger partial charge is 0.0597 e. The summed E-state index contributed by atoms with van der Waals surface area (Å²) in [5.41, 5.74) is 8.81. The van der Waals surface area contributed by atoms with E-state index in [0.29, 0.717) is 18.7 Å². The molecule has 0 saturated carbocycles. The monoisotopic (exact) mass is 248 g/mol. The summed E-state index contributed by atoms with van der Waals surface area (Å²) in [6.45, 7) is 7.67. The highest BCUT2D eigenvalue weighted by atomic mass is 16.5. The quantitative estimate of drug-likeness (QED) is 0.866. The lowest BCUT2D eigenvalue weighted by Crippen LogP contribution is -2.41. The van der Waals surface area contributed by atoms with Gasteiger partial charge in [-0.1, -0.05) is 24.3 Å². The molecule has 100 valence electrons. The standard InChI is InChI=1S/C15H24N2O/c1-12(2)18-10-9-17-8-7-13-5-3-4-6-14(13)15(17)11-16/h3-6,12,15H,7-11,16H2,1-2H3. The second-order valence-corrected chi connectivity index (χ2v) is 5.16. The zero-order valence-corrected chi connectivity index (χ0v) is 11.4. The van der Waals surface area contributed by atoms with Crippen LogP contribution < -0.4 is 5.73 Å². The van der Waals surface area contributed by atoms with Gasteiger partial charge in [-0.2, -0.15) is 0 Å². The fourth-order valence-electron chi connectivity index (χ4n) is 2.65. The van der Waals surface area contributed by atoms with Crippen LogP contribution in [0.25, 0.3) is 0 Å². The molecule has 1 unspecified atom stereocenters. The van der Waals surface area contributed by atoms with Crippen molar-refractivity contribution in [2.24, 2.45) is 5.73 Å². The molecule has 2 N–H and O–H groups in total. The highest BCUT2D eigenvalue weighted by Gasteiger charge is 2.25. The number of ether oxygens (including phenoxy) is 1. The molecule has 1 aliphatic heterocycles. The van der Waals surface area contributed by atoms with Gasteiger partial charge in [-0.3, -0.25) is 4.90 Å². The molecule has 0 amide bonds. The highest BCUT2D eigenvalue weighted by molar-refractivity contribution is 5.32. The molecular weight excluding hydrogens is 224 g/mol. The summed E-state index contributed by atoms with van der Waals surface area (Å²) in [4.78, 5) is 2.45. The fourth-order valence-corrected chi connectivity index (χ4v) is 2.65. The van der Waals surface area contributed by atoms with Crippen LogP contribution in [-0.4, -0.2) is 37.2 Å². The maximum Gasteiger partial charge on any atom is 0.0597 e. The molecule has 1 aliphatic rings. The van der Waals surface area contributed by atoms with Gasteiger partial charge in [-0.15, -0.1) is 0 Å². The zero-order chi connectivity index (χ0) is 13.0. The molecule has 2 rings (SSSR count). The number of nitrogens with two attached hydrogens (primary N) is 1. The van der Waals surface area contributed by atoms with Crippen LogP contribution in [0.1, 0.15) is 31.0 Å². The topological polar surface area (TPSA) is 38.5 Å². The lowest BCUT2D eigenvalue weighted by atomic mass is 9.92. The van der Waals surface area contributed by atoms with Crippen molar-refractivity contribution in [3.05, 3.63) is 35.4 Å². The Bertz CT molecular complexity index is 379. The van der Waals surface area contributed by atoms with Gasteiger partial charge < -0.3 is 10.5 Å². The molecule has 1 atom stereocenters. The SMILES string of the molecule is CC(C)OCCN1CCc2ccccc2C1CN. The van der Waals surface area contributed by atoms with E-state index in [-0.39, 0.29) is 0 Å². The third-order valence-corrected chi connectivity index (χ3v) is 3.58. The molecule has 0 fully saturated rings. The van der Waals surface area contributed by atoms with Gasteiger partial charge in [0, 0.05) is 25.7 Å². The predicted octanol–water partition coefficient (Wildman–Crippen LogP) is 1.97. The Morgan fingerprint density at radius 3 is 2.89 bits per heavy atom. The van der Waals surface area contributed by atoms with Gasteiger partial charge in [0.05, 0.1) is 12.7 Å². The van der Waals surface area contributed by atoms with Crippen LogP contribution in [0, 0.1) is 0 Å². The zero-order valence-electron chi connectivity index (χ0n) is 11.4. The first-order valence-corrected chi connectivity index (χ1v) is 6.86. The number of nitrogens with zero attached hydrogens (tertiary/aromatic N) is 1. The van der Waals surface area contributed by atoms with Gasteiger partial charge in [0.1, 0.15) is 0 Å². The van der Waals surface area contributed by atoms with E-state index in [2.05, 4.69) is 43.0 Å². The Kier molecular flexibility index (Phi) is 4.75. The van der Waals surface area contributed by atoms with E-state index < -0.39 is 0 Å². The summed E-state index contributed by atoms with van der Waals surface area (Å²) in [5.74, 6) is 0. The van der Waals surface area contributed by atoms with Gasteiger partial charge in [0.15, 0.2) is 0 Å². The van der Waals surface area contributed by atoms with E-state index in [1.165, 1.54) is 11.1 Å². The summed E-state index contributed by atoms with van der Waals surface area (Å²) >= 11 is 0. The minimum absolute atomic E-state index is 0.304. The van der Waals surface area contributed by atoms with Crippen molar-refractivity contribution in [1.82, 2.24) is 4.90 Å². The van der Waals surface area contributed by atoms with Crippen molar-refractivity contribution >= 4 is 0 Å². The molecule has 3 nitrogen and oxygen atoms in total. The van der Waals surface area contributed by atoms with Gasteiger partial charge in [-0.25, -0.2) is 0 Å². The maximum absolute atomic E-state index is 5.96. The predicted molar refractivity (Wildman–Crippen MR) is 74.6 cm³/mol. The van der Waals surface area contributed by atoms with E-state index in [1.54, 1.807) is 0 Å². The molecular formula is C15H24N2O. The summed E-state index contributed by atoms with van der Waals surface area (Å²) < 4.78 is 5.64. The number of rotatable bonds is 5.